The molecule has 9 nitrogen and oxygen atoms in total. The van der Waals surface area contributed by atoms with Gasteiger partial charge in [0.05, 0.1) is 27.8 Å². The van der Waals surface area contributed by atoms with Crippen molar-refractivity contribution in [3.8, 4) is 40.2 Å². The van der Waals surface area contributed by atoms with Crippen LogP contribution >= 0.6 is 0 Å². The van der Waals surface area contributed by atoms with Gasteiger partial charge in [-0.1, -0.05) is 0 Å². The molecule has 3 rings (SSSR count). The van der Waals surface area contributed by atoms with Crippen molar-refractivity contribution in [2.45, 2.75) is 6.42 Å². The zero-order valence-corrected chi connectivity index (χ0v) is 16.9. The first-order valence-corrected chi connectivity index (χ1v) is 9.02. The van der Waals surface area contributed by atoms with Gasteiger partial charge in [0.2, 0.25) is 12.5 Å². The number of ketones is 2. The summed E-state index contributed by atoms with van der Waals surface area (Å²) in [7, 11) is 4.51. The van der Waals surface area contributed by atoms with E-state index in [1.54, 1.807) is 30.3 Å². The third kappa shape index (κ3) is 5.25. The largest absolute Gasteiger partial charge is 0.496 e. The average Bonchev–Trinajstić information content (AvgIpc) is 3.24. The number of Topliss-reactive ketones (excluding diaryl/α,β-unsaturated/α-hetero) is 2. The predicted molar refractivity (Wildman–Crippen MR) is 104 cm³/mol. The maximum Gasteiger partial charge on any atom is 0.231 e. The second kappa shape index (κ2) is 9.73. The second-order valence-corrected chi connectivity index (χ2v) is 6.24. The Bertz CT molecular complexity index is 901. The molecular formula is C21H22O9. The van der Waals surface area contributed by atoms with E-state index in [0.717, 1.165) is 0 Å². The van der Waals surface area contributed by atoms with Crippen LogP contribution in [-0.2, 0) is 9.59 Å². The molecule has 0 radical (unpaired) electrons. The summed E-state index contributed by atoms with van der Waals surface area (Å²) in [5.41, 5.74) is 0. The Morgan fingerprint density at radius 2 is 1.33 bits per heavy atom. The Morgan fingerprint density at radius 3 is 1.90 bits per heavy atom. The van der Waals surface area contributed by atoms with Crippen LogP contribution in [0.15, 0.2) is 30.3 Å². The number of hydrogen-bond acceptors (Lipinski definition) is 9. The number of carbonyl (C=O) groups is 2. The average molecular weight is 418 g/mol. The minimum absolute atomic E-state index is 0.0851. The van der Waals surface area contributed by atoms with Gasteiger partial charge in [-0.05, 0) is 0 Å². The first-order valence-electron chi connectivity index (χ1n) is 9.02. The lowest BCUT2D eigenvalue weighted by Gasteiger charge is -2.10. The molecule has 2 aromatic rings. The molecule has 0 N–H and O–H groups in total. The van der Waals surface area contributed by atoms with Crippen LogP contribution in [0.25, 0.3) is 0 Å². The summed E-state index contributed by atoms with van der Waals surface area (Å²) in [5.74, 6) is 2.45. The van der Waals surface area contributed by atoms with Crippen molar-refractivity contribution >= 4 is 11.6 Å². The molecule has 1 aliphatic heterocycles. The Hall–Kier alpha value is -3.62. The van der Waals surface area contributed by atoms with Crippen LogP contribution in [0.3, 0.4) is 0 Å². The van der Waals surface area contributed by atoms with Gasteiger partial charge in [-0.3, -0.25) is 9.59 Å². The van der Waals surface area contributed by atoms with E-state index in [1.807, 2.05) is 0 Å². The highest BCUT2D eigenvalue weighted by Gasteiger charge is 2.21. The minimum Gasteiger partial charge on any atom is -0.496 e. The van der Waals surface area contributed by atoms with Crippen molar-refractivity contribution in [1.29, 1.82) is 0 Å². The number of methoxy groups -OCH3 is 3. The second-order valence-electron chi connectivity index (χ2n) is 6.24. The lowest BCUT2D eigenvalue weighted by atomic mass is 10.2. The van der Waals surface area contributed by atoms with Gasteiger partial charge in [-0.2, -0.15) is 0 Å². The van der Waals surface area contributed by atoms with Crippen molar-refractivity contribution in [2.75, 3.05) is 41.3 Å². The molecule has 1 aliphatic rings. The number of rotatable bonds is 11. The third-order valence-electron chi connectivity index (χ3n) is 4.15. The molecule has 0 saturated carbocycles. The topological polar surface area (TPSA) is 98.8 Å². The van der Waals surface area contributed by atoms with Crippen LogP contribution in [0.5, 0.6) is 40.2 Å². The molecule has 0 spiro atoms. The molecule has 0 bridgehead atoms. The van der Waals surface area contributed by atoms with Crippen molar-refractivity contribution in [3.05, 3.63) is 30.3 Å². The summed E-state index contributed by atoms with van der Waals surface area (Å²) >= 11 is 0. The molecule has 1 heterocycles. The molecule has 0 amide bonds. The Balaban J connectivity index is 1.49. The first-order chi connectivity index (χ1) is 14.5. The lowest BCUT2D eigenvalue weighted by molar-refractivity contribution is -0.129. The maximum absolute atomic E-state index is 12.1. The summed E-state index contributed by atoms with van der Waals surface area (Å²) in [6.45, 7) is -0.455. The van der Waals surface area contributed by atoms with Gasteiger partial charge in [-0.15, -0.1) is 0 Å². The SMILES string of the molecule is COc1cc(OC)cc(OCC(=O)CC(=O)COc2cc(OC)c3c(c2)OCO3)c1. The minimum atomic E-state index is -0.386. The highest BCUT2D eigenvalue weighted by molar-refractivity contribution is 6.00. The van der Waals surface area contributed by atoms with Crippen LogP contribution in [0, 0.1) is 0 Å². The standard InChI is InChI=1S/C21H22O9/c1-24-15-5-16(25-2)7-17(6-15)27-10-13(22)4-14(23)11-28-18-8-19(26-3)21-20(9-18)29-12-30-21/h5-9H,4,10-12H2,1-3H3. The maximum atomic E-state index is 12.1. The van der Waals surface area contributed by atoms with E-state index in [1.165, 1.54) is 21.3 Å². The van der Waals surface area contributed by atoms with Gasteiger partial charge in [0.1, 0.15) is 36.2 Å². The van der Waals surface area contributed by atoms with E-state index in [-0.39, 0.29) is 38.0 Å². The van der Waals surface area contributed by atoms with Crippen LogP contribution in [0.4, 0.5) is 0 Å². The predicted octanol–water partition coefficient (Wildman–Crippen LogP) is 2.43. The zero-order valence-electron chi connectivity index (χ0n) is 16.9. The molecule has 0 unspecified atom stereocenters. The molecule has 0 aromatic heterocycles. The fraction of sp³-hybridized carbons (Fsp3) is 0.333. The smallest absolute Gasteiger partial charge is 0.231 e. The zero-order chi connectivity index (χ0) is 21.5. The van der Waals surface area contributed by atoms with E-state index in [9.17, 15) is 9.59 Å². The number of carbonyl (C=O) groups excluding carboxylic acids is 2. The Kier molecular flexibility index (Phi) is 6.84. The van der Waals surface area contributed by atoms with Crippen molar-refractivity contribution < 1.29 is 42.7 Å². The highest BCUT2D eigenvalue weighted by atomic mass is 16.7. The van der Waals surface area contributed by atoms with Gasteiger partial charge in [0.15, 0.2) is 23.1 Å². The number of fused-ring (bicyclic) bond motifs is 1. The van der Waals surface area contributed by atoms with E-state index in [2.05, 4.69) is 0 Å². The number of hydrogen-bond donors (Lipinski definition) is 0. The first kappa shape index (κ1) is 21.1. The van der Waals surface area contributed by atoms with E-state index < -0.39 is 0 Å². The normalized spacial score (nSPS) is 11.6. The number of ether oxygens (including phenoxy) is 7. The molecule has 0 aliphatic carbocycles. The summed E-state index contributed by atoms with van der Waals surface area (Å²) in [4.78, 5) is 24.2. The van der Waals surface area contributed by atoms with Crippen molar-refractivity contribution in [3.63, 3.8) is 0 Å². The van der Waals surface area contributed by atoms with Gasteiger partial charge in [0.25, 0.3) is 0 Å². The fourth-order valence-corrected chi connectivity index (χ4v) is 2.70. The van der Waals surface area contributed by atoms with Crippen molar-refractivity contribution in [2.24, 2.45) is 0 Å². The van der Waals surface area contributed by atoms with Crippen LogP contribution in [-0.4, -0.2) is 52.9 Å². The summed E-state index contributed by atoms with van der Waals surface area (Å²) in [5, 5.41) is 0. The quantitative estimate of drug-likeness (QED) is 0.510. The lowest BCUT2D eigenvalue weighted by Crippen LogP contribution is -2.20. The van der Waals surface area contributed by atoms with Gasteiger partial charge >= 0.3 is 0 Å². The fourth-order valence-electron chi connectivity index (χ4n) is 2.70. The van der Waals surface area contributed by atoms with E-state index >= 15 is 0 Å². The third-order valence-corrected chi connectivity index (χ3v) is 4.15. The van der Waals surface area contributed by atoms with Gasteiger partial charge in [-0.25, -0.2) is 0 Å². The molecular weight excluding hydrogens is 396 g/mol. The van der Waals surface area contributed by atoms with Crippen LogP contribution in [0.2, 0.25) is 0 Å². The van der Waals surface area contributed by atoms with Crippen LogP contribution in [0.1, 0.15) is 6.42 Å². The highest BCUT2D eigenvalue weighted by Crippen LogP contribution is 2.44. The van der Waals surface area contributed by atoms with Gasteiger partial charge in [0, 0.05) is 30.3 Å². The van der Waals surface area contributed by atoms with E-state index in [0.29, 0.717) is 40.2 Å². The summed E-state index contributed by atoms with van der Waals surface area (Å²) < 4.78 is 37.0. The molecule has 160 valence electrons. The number of benzene rings is 2. The summed E-state index contributed by atoms with van der Waals surface area (Å²) in [6.07, 6.45) is -0.317. The molecule has 0 fully saturated rings. The van der Waals surface area contributed by atoms with E-state index in [4.69, 9.17) is 33.2 Å². The van der Waals surface area contributed by atoms with Crippen LogP contribution < -0.4 is 33.2 Å². The van der Waals surface area contributed by atoms with Crippen molar-refractivity contribution in [1.82, 2.24) is 0 Å². The molecule has 0 atom stereocenters. The summed E-state index contributed by atoms with van der Waals surface area (Å²) in [6, 6.07) is 8.10. The van der Waals surface area contributed by atoms with Gasteiger partial charge < -0.3 is 33.2 Å². The molecule has 30 heavy (non-hydrogen) atoms. The molecule has 0 saturated heterocycles. The molecule has 9 heteroatoms. The Morgan fingerprint density at radius 1 is 0.767 bits per heavy atom. The monoisotopic (exact) mass is 418 g/mol. The Labute approximate surface area is 173 Å². The molecule has 2 aromatic carbocycles.